The molecule has 0 saturated heterocycles. The zero-order valence-corrected chi connectivity index (χ0v) is 7.81. The van der Waals surface area contributed by atoms with Crippen molar-refractivity contribution in [1.82, 2.24) is 4.98 Å². The predicted octanol–water partition coefficient (Wildman–Crippen LogP) is 0.716. The standard InChI is InChI=1S/C8H6N2O3S/c11-14(12)6-8(5-10-14)13-7-1-3-9-4-2-7/h1-6H. The van der Waals surface area contributed by atoms with Gasteiger partial charge in [-0.2, -0.15) is 12.8 Å². The number of sulfonamides is 1. The van der Waals surface area contributed by atoms with Gasteiger partial charge in [-0.25, -0.2) is 0 Å². The number of nitrogens with zero attached hydrogens (tertiary/aromatic N) is 2. The highest BCUT2D eigenvalue weighted by molar-refractivity contribution is 7.93. The lowest BCUT2D eigenvalue weighted by molar-refractivity contribution is 0.458. The van der Waals surface area contributed by atoms with Crippen molar-refractivity contribution in [3.63, 3.8) is 0 Å². The molecule has 0 radical (unpaired) electrons. The second-order valence-electron chi connectivity index (χ2n) is 2.55. The Bertz CT molecular complexity index is 491. The van der Waals surface area contributed by atoms with Crippen LogP contribution in [0.15, 0.2) is 40.1 Å². The van der Waals surface area contributed by atoms with Crippen LogP contribution in [0.5, 0.6) is 5.75 Å². The van der Waals surface area contributed by atoms with E-state index in [4.69, 9.17) is 4.74 Å². The molecule has 0 fully saturated rings. The summed E-state index contributed by atoms with van der Waals surface area (Å²) >= 11 is 0. The van der Waals surface area contributed by atoms with Crippen molar-refractivity contribution in [3.05, 3.63) is 35.7 Å². The largest absolute Gasteiger partial charge is 0.455 e. The summed E-state index contributed by atoms with van der Waals surface area (Å²) in [5, 5.41) is 0.966. The smallest absolute Gasteiger partial charge is 0.279 e. The van der Waals surface area contributed by atoms with E-state index in [1.807, 2.05) is 0 Å². The maximum atomic E-state index is 10.9. The summed E-state index contributed by atoms with van der Waals surface area (Å²) in [5.41, 5.74) is 0. The topological polar surface area (TPSA) is 68.6 Å². The van der Waals surface area contributed by atoms with E-state index in [1.54, 1.807) is 24.5 Å². The Hall–Kier alpha value is -1.69. The Kier molecular flexibility index (Phi) is 2.05. The van der Waals surface area contributed by atoms with Crippen molar-refractivity contribution < 1.29 is 13.2 Å². The van der Waals surface area contributed by atoms with Crippen LogP contribution >= 0.6 is 0 Å². The highest BCUT2D eigenvalue weighted by Crippen LogP contribution is 2.15. The van der Waals surface area contributed by atoms with Gasteiger partial charge in [-0.05, 0) is 12.1 Å². The van der Waals surface area contributed by atoms with Gasteiger partial charge in [0.1, 0.15) is 5.75 Å². The zero-order chi connectivity index (χ0) is 10.0. The van der Waals surface area contributed by atoms with Gasteiger partial charge in [-0.1, -0.05) is 0 Å². The van der Waals surface area contributed by atoms with Crippen LogP contribution in [0.1, 0.15) is 0 Å². The number of rotatable bonds is 2. The van der Waals surface area contributed by atoms with E-state index in [0.29, 0.717) is 5.75 Å². The van der Waals surface area contributed by atoms with E-state index < -0.39 is 10.0 Å². The number of ether oxygens (including phenoxy) is 1. The van der Waals surface area contributed by atoms with Crippen LogP contribution in [0.3, 0.4) is 0 Å². The summed E-state index contributed by atoms with van der Waals surface area (Å²) in [5.74, 6) is 0.728. The molecule has 1 aliphatic heterocycles. The van der Waals surface area contributed by atoms with Gasteiger partial charge in [-0.3, -0.25) is 4.98 Å². The third-order valence-electron chi connectivity index (χ3n) is 1.48. The van der Waals surface area contributed by atoms with Crippen LogP contribution in [0, 0.1) is 0 Å². The minimum absolute atomic E-state index is 0.205. The molecule has 0 N–H and O–H groups in total. The van der Waals surface area contributed by atoms with E-state index in [0.717, 1.165) is 11.6 Å². The first-order valence-electron chi connectivity index (χ1n) is 3.76. The van der Waals surface area contributed by atoms with Crippen molar-refractivity contribution >= 4 is 16.2 Å². The van der Waals surface area contributed by atoms with E-state index in [1.165, 1.54) is 0 Å². The first-order chi connectivity index (χ1) is 6.66. The van der Waals surface area contributed by atoms with Gasteiger partial charge in [0.2, 0.25) is 0 Å². The van der Waals surface area contributed by atoms with Crippen LogP contribution in [0.4, 0.5) is 0 Å². The molecule has 14 heavy (non-hydrogen) atoms. The predicted molar refractivity (Wildman–Crippen MR) is 50.4 cm³/mol. The molecule has 0 bridgehead atoms. The molecule has 2 heterocycles. The SMILES string of the molecule is O=S1(=O)C=C(Oc2ccncc2)C=N1. The highest BCUT2D eigenvalue weighted by Gasteiger charge is 2.14. The molecule has 0 aliphatic carbocycles. The fourth-order valence-electron chi connectivity index (χ4n) is 0.926. The van der Waals surface area contributed by atoms with Crippen molar-refractivity contribution in [2.45, 2.75) is 0 Å². The van der Waals surface area contributed by atoms with Crippen molar-refractivity contribution in [2.75, 3.05) is 0 Å². The fraction of sp³-hybridized carbons (Fsp3) is 0. The first kappa shape index (κ1) is 8.89. The van der Waals surface area contributed by atoms with E-state index >= 15 is 0 Å². The molecule has 1 aromatic rings. The summed E-state index contributed by atoms with van der Waals surface area (Å²) in [6.07, 6.45) is 4.27. The second kappa shape index (κ2) is 3.22. The van der Waals surface area contributed by atoms with Crippen LogP contribution in [0.25, 0.3) is 0 Å². The van der Waals surface area contributed by atoms with E-state index in [2.05, 4.69) is 9.38 Å². The van der Waals surface area contributed by atoms with Crippen molar-refractivity contribution in [3.8, 4) is 5.75 Å². The van der Waals surface area contributed by atoms with Crippen molar-refractivity contribution in [2.24, 2.45) is 4.40 Å². The molecule has 2 rings (SSSR count). The second-order valence-corrected chi connectivity index (χ2v) is 4.03. The van der Waals surface area contributed by atoms with Gasteiger partial charge < -0.3 is 4.74 Å². The van der Waals surface area contributed by atoms with Crippen LogP contribution in [-0.4, -0.2) is 19.6 Å². The summed E-state index contributed by atoms with van der Waals surface area (Å²) in [6.45, 7) is 0. The quantitative estimate of drug-likeness (QED) is 0.721. The number of hydrogen-bond donors (Lipinski definition) is 0. The summed E-state index contributed by atoms with van der Waals surface area (Å²) in [7, 11) is -3.45. The highest BCUT2D eigenvalue weighted by atomic mass is 32.2. The average molecular weight is 210 g/mol. The van der Waals surface area contributed by atoms with Gasteiger partial charge in [0, 0.05) is 12.4 Å². The molecular formula is C8H6N2O3S. The van der Waals surface area contributed by atoms with Gasteiger partial charge in [0.25, 0.3) is 10.0 Å². The molecule has 0 atom stereocenters. The molecule has 0 saturated carbocycles. The van der Waals surface area contributed by atoms with Gasteiger partial charge in [0.05, 0.1) is 11.6 Å². The number of allylic oxidation sites excluding steroid dienone is 1. The molecule has 0 amide bonds. The van der Waals surface area contributed by atoms with E-state index in [-0.39, 0.29) is 5.76 Å². The summed E-state index contributed by atoms with van der Waals surface area (Å²) in [4.78, 5) is 3.80. The monoisotopic (exact) mass is 210 g/mol. The Morgan fingerprint density at radius 1 is 1.21 bits per heavy atom. The minimum atomic E-state index is -3.45. The minimum Gasteiger partial charge on any atom is -0.455 e. The normalized spacial score (nSPS) is 17.9. The molecule has 0 spiro atoms. The lowest BCUT2D eigenvalue weighted by atomic mass is 10.4. The number of aromatic nitrogens is 1. The number of pyridine rings is 1. The molecular weight excluding hydrogens is 204 g/mol. The molecule has 0 aromatic carbocycles. The summed E-state index contributed by atoms with van der Waals surface area (Å²) in [6, 6.07) is 3.25. The van der Waals surface area contributed by atoms with Crippen molar-refractivity contribution in [1.29, 1.82) is 0 Å². The van der Waals surface area contributed by atoms with Gasteiger partial charge >= 0.3 is 0 Å². The van der Waals surface area contributed by atoms with E-state index in [9.17, 15) is 8.42 Å². The number of hydrogen-bond acceptors (Lipinski definition) is 4. The average Bonchev–Trinajstić information content (AvgIpc) is 2.47. The summed E-state index contributed by atoms with van der Waals surface area (Å²) < 4.78 is 30.2. The maximum Gasteiger partial charge on any atom is 0.279 e. The van der Waals surface area contributed by atoms with Gasteiger partial charge in [0.15, 0.2) is 5.76 Å². The molecule has 72 valence electrons. The Morgan fingerprint density at radius 3 is 2.50 bits per heavy atom. The molecule has 6 heteroatoms. The molecule has 1 aliphatic rings. The third-order valence-corrected chi connectivity index (χ3v) is 2.41. The maximum absolute atomic E-state index is 10.9. The third kappa shape index (κ3) is 1.97. The molecule has 0 unspecified atom stereocenters. The molecule has 1 aromatic heterocycles. The van der Waals surface area contributed by atoms with Crippen LogP contribution < -0.4 is 4.74 Å². The fourth-order valence-corrected chi connectivity index (χ4v) is 1.64. The van der Waals surface area contributed by atoms with Gasteiger partial charge in [-0.15, -0.1) is 0 Å². The molecule has 5 nitrogen and oxygen atoms in total. The lowest BCUT2D eigenvalue weighted by Gasteiger charge is -2.00. The zero-order valence-electron chi connectivity index (χ0n) is 6.99. The van der Waals surface area contributed by atoms with Crippen LogP contribution in [0.2, 0.25) is 0 Å². The first-order valence-corrected chi connectivity index (χ1v) is 5.26. The van der Waals surface area contributed by atoms with Crippen LogP contribution in [-0.2, 0) is 10.0 Å². The Morgan fingerprint density at radius 2 is 1.93 bits per heavy atom. The lowest BCUT2D eigenvalue weighted by Crippen LogP contribution is -1.93. The Balaban J connectivity index is 2.19. The Labute approximate surface area is 80.8 Å².